The van der Waals surface area contributed by atoms with Gasteiger partial charge in [0.1, 0.15) is 0 Å². The Labute approximate surface area is 125 Å². The number of carbonyl (C=O) groups excluding carboxylic acids is 1. The standard InChI is InChI=1S/C16H23N3O2/c17-13-4-1-11(2-5-13)15(20)10-19-8-7-14-12(9-19)3-6-16(21)18-14/h1-2,4-5,12,14-15,20H,3,6-10,17H2,(H,18,21). The van der Waals surface area contributed by atoms with Crippen molar-refractivity contribution in [2.45, 2.75) is 31.4 Å². The fourth-order valence-corrected chi connectivity index (χ4v) is 3.42. The topological polar surface area (TPSA) is 78.6 Å². The first kappa shape index (κ1) is 14.4. The van der Waals surface area contributed by atoms with Crippen molar-refractivity contribution in [1.29, 1.82) is 0 Å². The predicted octanol–water partition coefficient (Wildman–Crippen LogP) is 0.903. The normalized spacial score (nSPS) is 27.8. The first-order chi connectivity index (χ1) is 10.1. The number of piperidine rings is 2. The number of hydrogen-bond acceptors (Lipinski definition) is 4. The van der Waals surface area contributed by atoms with Crippen LogP contribution in [-0.2, 0) is 4.79 Å². The van der Waals surface area contributed by atoms with Crippen LogP contribution in [-0.4, -0.2) is 41.6 Å². The summed E-state index contributed by atoms with van der Waals surface area (Å²) in [5, 5.41) is 13.4. The summed E-state index contributed by atoms with van der Waals surface area (Å²) in [5.41, 5.74) is 7.29. The molecule has 2 aliphatic heterocycles. The van der Waals surface area contributed by atoms with Gasteiger partial charge in [-0.3, -0.25) is 9.69 Å². The molecule has 1 aromatic rings. The molecule has 0 bridgehead atoms. The van der Waals surface area contributed by atoms with Gasteiger partial charge in [-0.15, -0.1) is 0 Å². The van der Waals surface area contributed by atoms with Crippen LogP contribution in [0.4, 0.5) is 5.69 Å². The fraction of sp³-hybridized carbons (Fsp3) is 0.562. The number of aliphatic hydroxyl groups excluding tert-OH is 1. The number of hydrogen-bond donors (Lipinski definition) is 3. The summed E-state index contributed by atoms with van der Waals surface area (Å²) >= 11 is 0. The summed E-state index contributed by atoms with van der Waals surface area (Å²) in [6, 6.07) is 7.74. The first-order valence-corrected chi connectivity index (χ1v) is 7.67. The molecule has 0 spiro atoms. The Balaban J connectivity index is 1.56. The number of nitrogens with zero attached hydrogens (tertiary/aromatic N) is 1. The van der Waals surface area contributed by atoms with Crippen LogP contribution < -0.4 is 11.1 Å². The Morgan fingerprint density at radius 1 is 1.33 bits per heavy atom. The van der Waals surface area contributed by atoms with E-state index in [1.165, 1.54) is 0 Å². The zero-order valence-electron chi connectivity index (χ0n) is 12.2. The van der Waals surface area contributed by atoms with Gasteiger partial charge in [-0.25, -0.2) is 0 Å². The summed E-state index contributed by atoms with van der Waals surface area (Å²) in [7, 11) is 0. The van der Waals surface area contributed by atoms with Crippen molar-refractivity contribution in [3.63, 3.8) is 0 Å². The van der Waals surface area contributed by atoms with E-state index in [0.717, 1.165) is 31.5 Å². The number of fused-ring (bicyclic) bond motifs is 1. The summed E-state index contributed by atoms with van der Waals surface area (Å²) in [5.74, 6) is 0.710. The summed E-state index contributed by atoms with van der Waals surface area (Å²) < 4.78 is 0. The highest BCUT2D eigenvalue weighted by Gasteiger charge is 2.34. The zero-order valence-corrected chi connectivity index (χ0v) is 12.2. The molecule has 3 unspecified atom stereocenters. The van der Waals surface area contributed by atoms with Crippen molar-refractivity contribution >= 4 is 11.6 Å². The molecule has 3 atom stereocenters. The summed E-state index contributed by atoms with van der Waals surface area (Å²) in [6.45, 7) is 2.52. The van der Waals surface area contributed by atoms with Crippen molar-refractivity contribution < 1.29 is 9.90 Å². The molecule has 0 radical (unpaired) electrons. The van der Waals surface area contributed by atoms with E-state index in [2.05, 4.69) is 10.2 Å². The quantitative estimate of drug-likeness (QED) is 0.723. The van der Waals surface area contributed by atoms with Gasteiger partial charge in [-0.2, -0.15) is 0 Å². The molecular formula is C16H23N3O2. The molecule has 3 rings (SSSR count). The van der Waals surface area contributed by atoms with E-state index in [1.54, 1.807) is 0 Å². The molecule has 0 saturated carbocycles. The first-order valence-electron chi connectivity index (χ1n) is 7.67. The molecule has 21 heavy (non-hydrogen) atoms. The maximum atomic E-state index is 11.4. The van der Waals surface area contributed by atoms with Crippen molar-refractivity contribution in [3.05, 3.63) is 29.8 Å². The Morgan fingerprint density at radius 3 is 2.86 bits per heavy atom. The number of carbonyl (C=O) groups is 1. The number of rotatable bonds is 3. The van der Waals surface area contributed by atoms with E-state index in [4.69, 9.17) is 5.73 Å². The fourth-order valence-electron chi connectivity index (χ4n) is 3.42. The second-order valence-electron chi connectivity index (χ2n) is 6.20. The lowest BCUT2D eigenvalue weighted by Crippen LogP contribution is -2.54. The highest BCUT2D eigenvalue weighted by atomic mass is 16.3. The highest BCUT2D eigenvalue weighted by molar-refractivity contribution is 5.77. The molecule has 2 saturated heterocycles. The van der Waals surface area contributed by atoms with Crippen LogP contribution >= 0.6 is 0 Å². The molecule has 5 heteroatoms. The smallest absolute Gasteiger partial charge is 0.220 e. The van der Waals surface area contributed by atoms with Crippen LogP contribution in [0.3, 0.4) is 0 Å². The van der Waals surface area contributed by atoms with Crippen molar-refractivity contribution in [1.82, 2.24) is 10.2 Å². The van der Waals surface area contributed by atoms with Gasteiger partial charge in [0.05, 0.1) is 6.10 Å². The molecule has 4 N–H and O–H groups in total. The lowest BCUT2D eigenvalue weighted by molar-refractivity contribution is -0.125. The number of aliphatic hydroxyl groups is 1. The number of benzene rings is 1. The molecule has 1 amide bonds. The van der Waals surface area contributed by atoms with Gasteiger partial charge in [-0.1, -0.05) is 12.1 Å². The largest absolute Gasteiger partial charge is 0.399 e. The summed E-state index contributed by atoms with van der Waals surface area (Å²) in [4.78, 5) is 13.7. The number of nitrogens with one attached hydrogen (secondary N) is 1. The minimum atomic E-state index is -0.486. The van der Waals surface area contributed by atoms with Gasteiger partial charge in [-0.05, 0) is 36.5 Å². The number of β-amino-alcohol motifs (C(OH)–C–C–N with tert-alkyl or cyclic N) is 1. The third-order valence-electron chi connectivity index (χ3n) is 4.66. The van der Waals surface area contributed by atoms with E-state index < -0.39 is 6.10 Å². The van der Waals surface area contributed by atoms with Crippen molar-refractivity contribution in [2.24, 2.45) is 5.92 Å². The SMILES string of the molecule is Nc1ccc(C(O)CN2CCC3NC(=O)CCC3C2)cc1. The molecule has 0 aliphatic carbocycles. The third-order valence-corrected chi connectivity index (χ3v) is 4.66. The molecule has 5 nitrogen and oxygen atoms in total. The van der Waals surface area contributed by atoms with Crippen LogP contribution in [0.1, 0.15) is 30.9 Å². The lowest BCUT2D eigenvalue weighted by Gasteiger charge is -2.42. The zero-order chi connectivity index (χ0) is 14.8. The van der Waals surface area contributed by atoms with Crippen LogP contribution in [0.5, 0.6) is 0 Å². The molecule has 114 valence electrons. The van der Waals surface area contributed by atoms with Gasteiger partial charge in [0, 0.05) is 37.8 Å². The van der Waals surface area contributed by atoms with Crippen LogP contribution in [0, 0.1) is 5.92 Å². The van der Waals surface area contributed by atoms with Gasteiger partial charge < -0.3 is 16.2 Å². The van der Waals surface area contributed by atoms with Crippen LogP contribution in [0.25, 0.3) is 0 Å². The Bertz CT molecular complexity index is 503. The van der Waals surface area contributed by atoms with Crippen LogP contribution in [0.15, 0.2) is 24.3 Å². The van der Waals surface area contributed by atoms with E-state index in [1.807, 2.05) is 24.3 Å². The maximum absolute atomic E-state index is 11.4. The van der Waals surface area contributed by atoms with E-state index in [-0.39, 0.29) is 5.91 Å². The van der Waals surface area contributed by atoms with Gasteiger partial charge >= 0.3 is 0 Å². The number of nitrogens with two attached hydrogens (primary N) is 1. The van der Waals surface area contributed by atoms with E-state index in [9.17, 15) is 9.90 Å². The molecule has 2 fully saturated rings. The third kappa shape index (κ3) is 3.36. The highest BCUT2D eigenvalue weighted by Crippen LogP contribution is 2.26. The Morgan fingerprint density at radius 2 is 2.10 bits per heavy atom. The van der Waals surface area contributed by atoms with Crippen molar-refractivity contribution in [2.75, 3.05) is 25.4 Å². The maximum Gasteiger partial charge on any atom is 0.220 e. The average molecular weight is 289 g/mol. The number of amides is 1. The van der Waals surface area contributed by atoms with Gasteiger partial charge in [0.2, 0.25) is 5.91 Å². The average Bonchev–Trinajstić information content (AvgIpc) is 2.48. The second-order valence-corrected chi connectivity index (χ2v) is 6.20. The minimum Gasteiger partial charge on any atom is -0.399 e. The number of nitrogen functional groups attached to an aromatic ring is 1. The van der Waals surface area contributed by atoms with Crippen molar-refractivity contribution in [3.8, 4) is 0 Å². The lowest BCUT2D eigenvalue weighted by atomic mass is 9.85. The molecule has 1 aromatic carbocycles. The molecule has 0 aromatic heterocycles. The minimum absolute atomic E-state index is 0.187. The van der Waals surface area contributed by atoms with E-state index in [0.29, 0.717) is 30.6 Å². The number of likely N-dealkylation sites (tertiary alicyclic amines) is 1. The Kier molecular flexibility index (Phi) is 4.12. The van der Waals surface area contributed by atoms with Crippen LogP contribution in [0.2, 0.25) is 0 Å². The second kappa shape index (κ2) is 6.03. The predicted molar refractivity (Wildman–Crippen MR) is 81.5 cm³/mol. The number of anilines is 1. The molecular weight excluding hydrogens is 266 g/mol. The van der Waals surface area contributed by atoms with Gasteiger partial charge in [0.15, 0.2) is 0 Å². The van der Waals surface area contributed by atoms with E-state index >= 15 is 0 Å². The summed E-state index contributed by atoms with van der Waals surface area (Å²) in [6.07, 6.45) is 2.09. The monoisotopic (exact) mass is 289 g/mol. The molecule has 2 heterocycles. The van der Waals surface area contributed by atoms with Gasteiger partial charge in [0.25, 0.3) is 0 Å². The molecule has 2 aliphatic rings. The Hall–Kier alpha value is -1.59.